The zero-order valence-corrected chi connectivity index (χ0v) is 26.0. The Bertz CT molecular complexity index is 856. The number of hydrogen-bond donors (Lipinski definition) is 2. The Hall–Kier alpha value is -3.26. The maximum Gasteiger partial charge on any atom is 0.337 e. The Balaban J connectivity index is 5.33. The van der Waals surface area contributed by atoms with Crippen molar-refractivity contribution in [2.24, 2.45) is 5.92 Å². The van der Waals surface area contributed by atoms with Gasteiger partial charge in [-0.1, -0.05) is 95.8 Å². The van der Waals surface area contributed by atoms with Crippen molar-refractivity contribution in [2.45, 2.75) is 97.0 Å². The molecule has 0 bridgehead atoms. The predicted octanol–water partition coefficient (Wildman–Crippen LogP) is 8.14. The monoisotopic (exact) mass is 590 g/mol. The highest BCUT2D eigenvalue weighted by Crippen LogP contribution is 2.31. The van der Waals surface area contributed by atoms with E-state index in [1.807, 2.05) is 36.5 Å². The molecule has 8 heteroatoms. The molecule has 8 nitrogen and oxygen atoms in total. The van der Waals surface area contributed by atoms with Crippen LogP contribution in [0.4, 0.5) is 0 Å². The third-order valence-electron chi connectivity index (χ3n) is 6.34. The van der Waals surface area contributed by atoms with E-state index >= 15 is 0 Å². The van der Waals surface area contributed by atoms with E-state index in [0.717, 1.165) is 57.8 Å². The first-order valence-corrected chi connectivity index (χ1v) is 15.4. The molecule has 0 radical (unpaired) electrons. The summed E-state index contributed by atoms with van der Waals surface area (Å²) in [4.78, 5) is 24.9. The molecule has 0 aromatic heterocycles. The molecule has 42 heavy (non-hydrogen) atoms. The zero-order valence-electron chi connectivity index (χ0n) is 26.0. The molecule has 2 N–H and O–H groups in total. The summed E-state index contributed by atoms with van der Waals surface area (Å²) in [5.74, 6) is -4.02. The molecule has 0 aromatic rings. The molecular formula is C34H54O8. The van der Waals surface area contributed by atoms with Crippen LogP contribution in [0.2, 0.25) is 0 Å². The number of carboxylic acids is 2. The van der Waals surface area contributed by atoms with Gasteiger partial charge in [-0.2, -0.15) is 0 Å². The van der Waals surface area contributed by atoms with Gasteiger partial charge in [-0.3, -0.25) is 4.79 Å². The van der Waals surface area contributed by atoms with E-state index in [0.29, 0.717) is 0 Å². The first-order valence-electron chi connectivity index (χ1n) is 15.4. The third kappa shape index (κ3) is 19.8. The van der Waals surface area contributed by atoms with Crippen molar-refractivity contribution in [3.63, 3.8) is 0 Å². The van der Waals surface area contributed by atoms with Crippen molar-refractivity contribution in [3.05, 3.63) is 73.5 Å². The Kier molecular flexibility index (Phi) is 25.7. The number of aliphatic carboxylic acids is 2. The summed E-state index contributed by atoms with van der Waals surface area (Å²) >= 11 is 0. The lowest BCUT2D eigenvalue weighted by molar-refractivity contribution is -0.189. The molecule has 0 saturated carbocycles. The van der Waals surface area contributed by atoms with E-state index in [2.05, 4.69) is 20.8 Å². The molecule has 238 valence electrons. The second kappa shape index (κ2) is 27.9. The van der Waals surface area contributed by atoms with Crippen molar-refractivity contribution < 1.29 is 38.7 Å². The minimum atomic E-state index is -2.03. The zero-order chi connectivity index (χ0) is 31.2. The summed E-state index contributed by atoms with van der Waals surface area (Å²) in [5, 5.41) is 20.3. The molecule has 0 fully saturated rings. The van der Waals surface area contributed by atoms with E-state index in [1.165, 1.54) is 18.8 Å². The first-order chi connectivity index (χ1) is 20.5. The van der Waals surface area contributed by atoms with Crippen LogP contribution >= 0.6 is 0 Å². The molecule has 0 spiro atoms. The van der Waals surface area contributed by atoms with Gasteiger partial charge >= 0.3 is 11.9 Å². The summed E-state index contributed by atoms with van der Waals surface area (Å²) in [6, 6.07) is 0. The van der Waals surface area contributed by atoms with E-state index in [1.54, 1.807) is 18.2 Å². The van der Waals surface area contributed by atoms with Gasteiger partial charge in [0.1, 0.15) is 6.61 Å². The predicted molar refractivity (Wildman–Crippen MR) is 168 cm³/mol. The lowest BCUT2D eigenvalue weighted by Gasteiger charge is -2.34. The van der Waals surface area contributed by atoms with Gasteiger partial charge in [-0.05, 0) is 43.9 Å². The average Bonchev–Trinajstić information content (AvgIpc) is 2.97. The van der Waals surface area contributed by atoms with Crippen LogP contribution in [0.1, 0.15) is 91.4 Å². The summed E-state index contributed by atoms with van der Waals surface area (Å²) in [6.45, 7) is 6.31. The van der Waals surface area contributed by atoms with E-state index in [4.69, 9.17) is 18.9 Å². The first kappa shape index (κ1) is 38.7. The number of unbranched alkanes of at least 4 members (excludes halogenated alkanes) is 6. The highest BCUT2D eigenvalue weighted by Gasteiger charge is 2.50. The Morgan fingerprint density at radius 2 is 1.10 bits per heavy atom. The van der Waals surface area contributed by atoms with E-state index in [-0.39, 0.29) is 39.3 Å². The maximum atomic E-state index is 12.6. The van der Waals surface area contributed by atoms with Crippen molar-refractivity contribution >= 4 is 11.9 Å². The second-order valence-electron chi connectivity index (χ2n) is 9.78. The van der Waals surface area contributed by atoms with Gasteiger partial charge in [-0.25, -0.2) is 4.79 Å². The lowest BCUT2D eigenvalue weighted by atomic mass is 9.82. The number of ether oxygens (including phenoxy) is 4. The minimum Gasteiger partial charge on any atom is -0.501 e. The number of carbonyl (C=O) groups is 2. The van der Waals surface area contributed by atoms with Crippen LogP contribution in [0.5, 0.6) is 0 Å². The molecule has 0 aliphatic carbocycles. The average molecular weight is 591 g/mol. The molecule has 0 aromatic carbocycles. The van der Waals surface area contributed by atoms with Crippen LogP contribution in [0, 0.1) is 5.92 Å². The fraction of sp³-hybridized carbons (Fsp3) is 0.588. The van der Waals surface area contributed by atoms with Gasteiger partial charge in [0.2, 0.25) is 0 Å². The van der Waals surface area contributed by atoms with Crippen LogP contribution in [0.15, 0.2) is 73.5 Å². The van der Waals surface area contributed by atoms with Gasteiger partial charge in [-0.15, -0.1) is 0 Å². The highest BCUT2D eigenvalue weighted by molar-refractivity contribution is 5.86. The summed E-state index contributed by atoms with van der Waals surface area (Å²) < 4.78 is 22.2. The van der Waals surface area contributed by atoms with Gasteiger partial charge < -0.3 is 29.2 Å². The van der Waals surface area contributed by atoms with E-state index < -0.39 is 23.5 Å². The van der Waals surface area contributed by atoms with Crippen LogP contribution in [0.25, 0.3) is 0 Å². The molecule has 0 rings (SSSR count). The molecule has 0 aliphatic rings. The van der Waals surface area contributed by atoms with Crippen molar-refractivity contribution in [1.82, 2.24) is 0 Å². The van der Waals surface area contributed by atoms with Gasteiger partial charge in [0.25, 0.3) is 0 Å². The Morgan fingerprint density at radius 3 is 1.52 bits per heavy atom. The lowest BCUT2D eigenvalue weighted by Crippen LogP contribution is -2.53. The number of hydrogen-bond acceptors (Lipinski definition) is 6. The maximum absolute atomic E-state index is 12.6. The van der Waals surface area contributed by atoms with Crippen molar-refractivity contribution in [2.75, 3.05) is 26.4 Å². The molecule has 0 amide bonds. The molecular weight excluding hydrogens is 536 g/mol. The highest BCUT2D eigenvalue weighted by atomic mass is 16.6. The van der Waals surface area contributed by atoms with Crippen LogP contribution in [-0.2, 0) is 28.5 Å². The number of rotatable bonds is 28. The van der Waals surface area contributed by atoms with Crippen molar-refractivity contribution in [1.29, 1.82) is 0 Å². The molecule has 2 unspecified atom stereocenters. The topological polar surface area (TPSA) is 112 Å². The largest absolute Gasteiger partial charge is 0.501 e. The fourth-order valence-corrected chi connectivity index (χ4v) is 3.89. The Morgan fingerprint density at radius 1 is 0.643 bits per heavy atom. The van der Waals surface area contributed by atoms with Crippen LogP contribution in [0.3, 0.4) is 0 Å². The summed E-state index contributed by atoms with van der Waals surface area (Å²) in [6.07, 6.45) is 30.7. The van der Waals surface area contributed by atoms with Gasteiger partial charge in [0.05, 0.1) is 44.5 Å². The van der Waals surface area contributed by atoms with E-state index in [9.17, 15) is 19.8 Å². The molecule has 0 aliphatic heterocycles. The van der Waals surface area contributed by atoms with Gasteiger partial charge in [0, 0.05) is 6.42 Å². The van der Waals surface area contributed by atoms with Crippen molar-refractivity contribution in [3.8, 4) is 0 Å². The minimum absolute atomic E-state index is 0.0155. The molecule has 0 saturated heterocycles. The Labute approximate surface area is 253 Å². The number of carboxylic acid groups (broad SMARTS) is 2. The smallest absolute Gasteiger partial charge is 0.337 e. The summed E-state index contributed by atoms with van der Waals surface area (Å²) in [5.41, 5.74) is -2.03. The number of allylic oxidation sites excluding steroid dienone is 9. The van der Waals surface area contributed by atoms with Gasteiger partial charge in [0.15, 0.2) is 5.60 Å². The fourth-order valence-electron chi connectivity index (χ4n) is 3.89. The SMILES string of the molecule is CCCCC=CC=COCCOC(CCOC=CC=CCCCC)(C(=O)O)C(CCOC=CC=CCCCC)C(=O)O. The molecule has 2 atom stereocenters. The standard InChI is InChI=1S/C34H54O8/c1-4-7-10-13-16-19-24-39-27-22-31(32(35)36)34(33(37)38,23-28-40-25-20-17-14-11-8-5-2)42-30-29-41-26-21-18-15-12-9-6-3/h13-21,24-26,31H,4-12,22-23,27-30H2,1-3H3,(H,35,36)(H,37,38). The normalized spacial score (nSPS) is 14.5. The van der Waals surface area contributed by atoms with Crippen LogP contribution in [-0.4, -0.2) is 54.2 Å². The third-order valence-corrected chi connectivity index (χ3v) is 6.34. The second-order valence-corrected chi connectivity index (χ2v) is 9.78. The van der Waals surface area contributed by atoms with Crippen LogP contribution < -0.4 is 0 Å². The quantitative estimate of drug-likeness (QED) is 0.0534. The molecule has 0 heterocycles. The summed E-state index contributed by atoms with van der Waals surface area (Å²) in [7, 11) is 0.